The Balaban J connectivity index is 2.04. The quantitative estimate of drug-likeness (QED) is 0.830. The molecule has 0 bridgehead atoms. The summed E-state index contributed by atoms with van der Waals surface area (Å²) in [5.41, 5.74) is 1.24. The van der Waals surface area contributed by atoms with Gasteiger partial charge in [0.05, 0.1) is 14.2 Å². The van der Waals surface area contributed by atoms with Gasteiger partial charge in [0, 0.05) is 0 Å². The highest BCUT2D eigenvalue weighted by Gasteiger charge is 2.20. The minimum atomic E-state index is -1.37. The molecule has 0 saturated heterocycles. The van der Waals surface area contributed by atoms with Crippen LogP contribution < -0.4 is 9.47 Å². The van der Waals surface area contributed by atoms with Gasteiger partial charge < -0.3 is 19.3 Å². The zero-order valence-corrected chi connectivity index (χ0v) is 12.5. The first-order valence-electron chi connectivity index (χ1n) is 6.76. The molecule has 5 nitrogen and oxygen atoms in total. The average molecular weight is 302 g/mol. The van der Waals surface area contributed by atoms with Gasteiger partial charge in [-0.3, -0.25) is 0 Å². The van der Waals surface area contributed by atoms with Gasteiger partial charge in [-0.15, -0.1) is 0 Å². The van der Waals surface area contributed by atoms with Gasteiger partial charge >= 0.3 is 5.97 Å². The summed E-state index contributed by atoms with van der Waals surface area (Å²) in [5, 5.41) is 10.1. The number of aliphatic hydroxyl groups excluding tert-OH is 1. The molecule has 0 aromatic heterocycles. The number of hydrogen-bond acceptors (Lipinski definition) is 5. The smallest absolute Gasteiger partial charge is 0.339 e. The Morgan fingerprint density at radius 3 is 2.36 bits per heavy atom. The molecule has 2 rings (SSSR count). The number of esters is 1. The molecular weight excluding hydrogens is 284 g/mol. The molecule has 0 amide bonds. The molecule has 1 atom stereocenters. The number of methoxy groups -OCH3 is 2. The van der Waals surface area contributed by atoms with Crippen LogP contribution >= 0.6 is 0 Å². The van der Waals surface area contributed by atoms with Gasteiger partial charge in [0.15, 0.2) is 17.6 Å². The lowest BCUT2D eigenvalue weighted by atomic mass is 10.1. The summed E-state index contributed by atoms with van der Waals surface area (Å²) in [4.78, 5) is 11.9. The molecule has 0 unspecified atom stereocenters. The molecule has 0 aliphatic carbocycles. The molecule has 0 fully saturated rings. The number of carbonyl (C=O) groups is 1. The molecule has 0 radical (unpaired) electrons. The average Bonchev–Trinajstić information content (AvgIpc) is 2.59. The number of benzene rings is 2. The summed E-state index contributed by atoms with van der Waals surface area (Å²) in [6.45, 7) is 0.115. The van der Waals surface area contributed by atoms with Crippen LogP contribution in [0, 0.1) is 0 Å². The maximum atomic E-state index is 11.9. The summed E-state index contributed by atoms with van der Waals surface area (Å²) in [6, 6.07) is 14.0. The van der Waals surface area contributed by atoms with E-state index in [1.54, 1.807) is 18.2 Å². The number of aliphatic hydroxyl groups is 1. The van der Waals surface area contributed by atoms with Crippen LogP contribution in [0.1, 0.15) is 17.2 Å². The largest absolute Gasteiger partial charge is 0.493 e. The summed E-state index contributed by atoms with van der Waals surface area (Å²) in [7, 11) is 3.00. The maximum Gasteiger partial charge on any atom is 0.339 e. The molecule has 0 spiro atoms. The van der Waals surface area contributed by atoms with Crippen molar-refractivity contribution in [2.45, 2.75) is 12.7 Å². The zero-order valence-electron chi connectivity index (χ0n) is 12.5. The lowest BCUT2D eigenvalue weighted by molar-refractivity contribution is -0.155. The van der Waals surface area contributed by atoms with E-state index >= 15 is 0 Å². The second-order valence-corrected chi connectivity index (χ2v) is 4.61. The molecule has 0 aliphatic heterocycles. The Kier molecular flexibility index (Phi) is 5.38. The number of carbonyl (C=O) groups excluding carboxylic acids is 1. The minimum absolute atomic E-state index is 0.115. The minimum Gasteiger partial charge on any atom is -0.493 e. The molecular formula is C17H18O5. The van der Waals surface area contributed by atoms with E-state index in [4.69, 9.17) is 14.2 Å². The molecule has 0 heterocycles. The molecule has 2 aromatic rings. The third-order valence-electron chi connectivity index (χ3n) is 3.17. The van der Waals surface area contributed by atoms with Crippen molar-refractivity contribution in [1.82, 2.24) is 0 Å². The van der Waals surface area contributed by atoms with E-state index in [1.807, 2.05) is 30.3 Å². The highest BCUT2D eigenvalue weighted by molar-refractivity contribution is 5.76. The lowest BCUT2D eigenvalue weighted by Gasteiger charge is -2.13. The standard InChI is InChI=1S/C17H18O5/c1-20-14-9-8-13(10-15(14)21-2)16(18)17(19)22-11-12-6-4-3-5-7-12/h3-10,16,18H,11H2,1-2H3/t16-/m0/s1. The van der Waals surface area contributed by atoms with Crippen molar-refractivity contribution in [1.29, 1.82) is 0 Å². The molecule has 0 saturated carbocycles. The first kappa shape index (κ1) is 15.9. The fraction of sp³-hybridized carbons (Fsp3) is 0.235. The van der Waals surface area contributed by atoms with E-state index in [9.17, 15) is 9.90 Å². The van der Waals surface area contributed by atoms with Crippen molar-refractivity contribution in [2.75, 3.05) is 14.2 Å². The number of hydrogen-bond donors (Lipinski definition) is 1. The molecule has 1 N–H and O–H groups in total. The molecule has 22 heavy (non-hydrogen) atoms. The maximum absolute atomic E-state index is 11.9. The van der Waals surface area contributed by atoms with Crippen LogP contribution in [0.15, 0.2) is 48.5 Å². The first-order valence-corrected chi connectivity index (χ1v) is 6.76. The van der Waals surface area contributed by atoms with Gasteiger partial charge in [-0.1, -0.05) is 36.4 Å². The summed E-state index contributed by atoms with van der Waals surface area (Å²) in [5.74, 6) is 0.252. The van der Waals surface area contributed by atoms with E-state index in [2.05, 4.69) is 0 Å². The van der Waals surface area contributed by atoms with Crippen LogP contribution in [0.5, 0.6) is 11.5 Å². The van der Waals surface area contributed by atoms with E-state index < -0.39 is 12.1 Å². The summed E-state index contributed by atoms with van der Waals surface area (Å²) < 4.78 is 15.4. The van der Waals surface area contributed by atoms with Gasteiger partial charge in [-0.2, -0.15) is 0 Å². The third kappa shape index (κ3) is 3.77. The van der Waals surface area contributed by atoms with Crippen LogP contribution in [0.2, 0.25) is 0 Å². The topological polar surface area (TPSA) is 65.0 Å². The highest BCUT2D eigenvalue weighted by Crippen LogP contribution is 2.30. The van der Waals surface area contributed by atoms with Crippen LogP contribution in [0.25, 0.3) is 0 Å². The van der Waals surface area contributed by atoms with Crippen molar-refractivity contribution in [3.8, 4) is 11.5 Å². The monoisotopic (exact) mass is 302 g/mol. The SMILES string of the molecule is COc1ccc([C@H](O)C(=O)OCc2ccccc2)cc1OC. The predicted molar refractivity (Wildman–Crippen MR) is 80.7 cm³/mol. The van der Waals surface area contributed by atoms with Crippen molar-refractivity contribution in [2.24, 2.45) is 0 Å². The van der Waals surface area contributed by atoms with Crippen molar-refractivity contribution in [3.63, 3.8) is 0 Å². The van der Waals surface area contributed by atoms with Gasteiger partial charge in [0.25, 0.3) is 0 Å². The van der Waals surface area contributed by atoms with Crippen molar-refractivity contribution >= 4 is 5.97 Å². The number of rotatable bonds is 6. The Hall–Kier alpha value is -2.53. The second-order valence-electron chi connectivity index (χ2n) is 4.61. The van der Waals surface area contributed by atoms with Crippen LogP contribution in [-0.4, -0.2) is 25.3 Å². The van der Waals surface area contributed by atoms with Gasteiger partial charge in [-0.25, -0.2) is 4.79 Å². The Labute approximate surface area is 129 Å². The van der Waals surface area contributed by atoms with Crippen LogP contribution in [0.3, 0.4) is 0 Å². The fourth-order valence-corrected chi connectivity index (χ4v) is 1.97. The van der Waals surface area contributed by atoms with Gasteiger partial charge in [-0.05, 0) is 23.3 Å². The van der Waals surface area contributed by atoms with Gasteiger partial charge in [0.2, 0.25) is 0 Å². The lowest BCUT2D eigenvalue weighted by Crippen LogP contribution is -2.15. The molecule has 2 aromatic carbocycles. The third-order valence-corrected chi connectivity index (χ3v) is 3.17. The highest BCUT2D eigenvalue weighted by atomic mass is 16.5. The first-order chi connectivity index (χ1) is 10.7. The van der Waals surface area contributed by atoms with Gasteiger partial charge in [0.1, 0.15) is 6.61 Å². The second kappa shape index (κ2) is 7.47. The molecule has 116 valence electrons. The fourth-order valence-electron chi connectivity index (χ4n) is 1.97. The summed E-state index contributed by atoms with van der Waals surface area (Å²) >= 11 is 0. The van der Waals surface area contributed by atoms with Crippen molar-refractivity contribution in [3.05, 3.63) is 59.7 Å². The van der Waals surface area contributed by atoms with Crippen molar-refractivity contribution < 1.29 is 24.1 Å². The predicted octanol–water partition coefficient (Wildman–Crippen LogP) is 2.48. The van der Waals surface area contributed by atoms with Crippen LogP contribution in [-0.2, 0) is 16.1 Å². The molecule has 5 heteroatoms. The Morgan fingerprint density at radius 2 is 1.73 bits per heavy atom. The Bertz CT molecular complexity index is 624. The van der Waals surface area contributed by atoms with E-state index in [1.165, 1.54) is 14.2 Å². The molecule has 0 aliphatic rings. The van der Waals surface area contributed by atoms with Crippen LogP contribution in [0.4, 0.5) is 0 Å². The summed E-state index contributed by atoms with van der Waals surface area (Å²) in [6.07, 6.45) is -1.37. The van der Waals surface area contributed by atoms with E-state index in [0.717, 1.165) is 5.56 Å². The van der Waals surface area contributed by atoms with E-state index in [-0.39, 0.29) is 6.61 Å². The Morgan fingerprint density at radius 1 is 1.05 bits per heavy atom. The number of ether oxygens (including phenoxy) is 3. The normalized spacial score (nSPS) is 11.6. The van der Waals surface area contributed by atoms with E-state index in [0.29, 0.717) is 17.1 Å². The zero-order chi connectivity index (χ0) is 15.9.